The van der Waals surface area contributed by atoms with Crippen LogP contribution in [-0.2, 0) is 39.0 Å². The summed E-state index contributed by atoms with van der Waals surface area (Å²) in [5.74, 6) is -1.71. The lowest BCUT2D eigenvalue weighted by Gasteiger charge is -2.17. The number of amides is 3. The predicted molar refractivity (Wildman–Crippen MR) is 164 cm³/mol. The van der Waals surface area contributed by atoms with Gasteiger partial charge in [0.1, 0.15) is 5.69 Å². The molecule has 0 aliphatic heterocycles. The molecule has 0 aliphatic carbocycles. The third kappa shape index (κ3) is 8.39. The van der Waals surface area contributed by atoms with Gasteiger partial charge in [0.25, 0.3) is 15.9 Å². The van der Waals surface area contributed by atoms with Gasteiger partial charge in [0.05, 0.1) is 11.4 Å². The Labute approximate surface area is 256 Å². The molecule has 0 spiro atoms. The van der Waals surface area contributed by atoms with Gasteiger partial charge in [0, 0.05) is 30.6 Å². The van der Waals surface area contributed by atoms with Crippen molar-refractivity contribution in [2.24, 2.45) is 0 Å². The fourth-order valence-electron chi connectivity index (χ4n) is 4.91. The Morgan fingerprint density at radius 3 is 2.27 bits per heavy atom. The van der Waals surface area contributed by atoms with Gasteiger partial charge in [-0.1, -0.05) is 86.1 Å². The maximum atomic E-state index is 13.3. The molecule has 44 heavy (non-hydrogen) atoms. The lowest BCUT2D eigenvalue weighted by Crippen LogP contribution is -2.40. The highest BCUT2D eigenvalue weighted by Crippen LogP contribution is 2.28. The minimum absolute atomic E-state index is 0.00190. The van der Waals surface area contributed by atoms with E-state index >= 15 is 0 Å². The average molecular weight is 618 g/mol. The number of aromatic nitrogens is 2. The second-order valence-corrected chi connectivity index (χ2v) is 12.0. The number of aryl methyl sites for hydroxylation is 1. The van der Waals surface area contributed by atoms with E-state index in [-0.39, 0.29) is 17.0 Å². The van der Waals surface area contributed by atoms with Crippen LogP contribution in [0, 0.1) is 0 Å². The van der Waals surface area contributed by atoms with Crippen LogP contribution in [0.1, 0.15) is 54.0 Å². The van der Waals surface area contributed by atoms with Crippen LogP contribution < -0.4 is 15.5 Å². The average Bonchev–Trinajstić information content (AvgIpc) is 3.39. The highest BCUT2D eigenvalue weighted by atomic mass is 32.2. The molecule has 1 aromatic heterocycles. The molecular formula is C32H35N5O6S. The molecule has 0 saturated heterocycles. The number of hydrogen-bond donors (Lipinski definition) is 4. The van der Waals surface area contributed by atoms with Crippen molar-refractivity contribution in [1.29, 1.82) is 0 Å². The Balaban J connectivity index is 1.54. The normalized spacial score (nSPS) is 11.9. The van der Waals surface area contributed by atoms with Crippen molar-refractivity contribution >= 4 is 27.7 Å². The summed E-state index contributed by atoms with van der Waals surface area (Å²) < 4.78 is 29.2. The minimum Gasteiger partial charge on any atom is -0.347 e. The maximum Gasteiger partial charge on any atom is 0.272 e. The van der Waals surface area contributed by atoms with E-state index in [9.17, 15) is 22.8 Å². The minimum atomic E-state index is -4.04. The van der Waals surface area contributed by atoms with Crippen molar-refractivity contribution in [3.8, 4) is 11.1 Å². The van der Waals surface area contributed by atoms with E-state index in [2.05, 4.69) is 10.4 Å². The molecule has 3 aromatic carbocycles. The fourth-order valence-corrected chi connectivity index (χ4v) is 6.13. The maximum absolute atomic E-state index is 13.3. The summed E-state index contributed by atoms with van der Waals surface area (Å²) in [4.78, 5) is 36.6. The van der Waals surface area contributed by atoms with Gasteiger partial charge in [-0.05, 0) is 41.7 Å². The first-order chi connectivity index (χ1) is 21.1. The van der Waals surface area contributed by atoms with Gasteiger partial charge in [0.15, 0.2) is 0 Å². The molecule has 1 atom stereocenters. The van der Waals surface area contributed by atoms with Gasteiger partial charge in [-0.3, -0.25) is 24.3 Å². The largest absolute Gasteiger partial charge is 0.347 e. The van der Waals surface area contributed by atoms with Crippen molar-refractivity contribution < 1.29 is 28.0 Å². The lowest BCUT2D eigenvalue weighted by atomic mass is 10.0. The number of hydrogen-bond acceptors (Lipinski definition) is 7. The van der Waals surface area contributed by atoms with Gasteiger partial charge in [-0.2, -0.15) is 5.10 Å². The summed E-state index contributed by atoms with van der Waals surface area (Å²) in [6.45, 7) is 3.54. The zero-order valence-corrected chi connectivity index (χ0v) is 25.3. The van der Waals surface area contributed by atoms with Crippen LogP contribution in [-0.4, -0.2) is 47.2 Å². The molecule has 0 aliphatic rings. The summed E-state index contributed by atoms with van der Waals surface area (Å²) in [7, 11) is -4.04. The van der Waals surface area contributed by atoms with Crippen LogP contribution in [0.5, 0.6) is 0 Å². The van der Waals surface area contributed by atoms with E-state index in [0.717, 1.165) is 30.2 Å². The van der Waals surface area contributed by atoms with Crippen LogP contribution in [0.3, 0.4) is 0 Å². The van der Waals surface area contributed by atoms with Crippen LogP contribution in [0.2, 0.25) is 0 Å². The van der Waals surface area contributed by atoms with E-state index in [4.69, 9.17) is 5.21 Å². The zero-order chi connectivity index (χ0) is 31.7. The smallest absolute Gasteiger partial charge is 0.272 e. The first kappa shape index (κ1) is 32.1. The second kappa shape index (κ2) is 14.6. The SMILES string of the molecule is CCCc1cc(C(=O)N[C@@H](CC(=O)NO)Cc2ccccc2)nn1Cc1ccc(-c2ccccc2S(=O)(=O)NC(C)=O)cc1. The number of carbonyl (C=O) groups is 3. The molecule has 4 rings (SSSR count). The number of sulfonamides is 1. The number of nitrogens with one attached hydrogen (secondary N) is 3. The Kier molecular flexibility index (Phi) is 10.6. The predicted octanol–water partition coefficient (Wildman–Crippen LogP) is 3.61. The van der Waals surface area contributed by atoms with Crippen LogP contribution in [0.25, 0.3) is 11.1 Å². The molecule has 0 unspecified atom stereocenters. The summed E-state index contributed by atoms with van der Waals surface area (Å²) in [5, 5.41) is 16.5. The third-order valence-electron chi connectivity index (χ3n) is 6.87. The van der Waals surface area contributed by atoms with Gasteiger partial charge >= 0.3 is 0 Å². The van der Waals surface area contributed by atoms with Crippen molar-refractivity contribution in [3.05, 3.63) is 107 Å². The second-order valence-electron chi connectivity index (χ2n) is 10.4. The molecule has 11 nitrogen and oxygen atoms in total. The molecule has 4 N–H and O–H groups in total. The van der Waals surface area contributed by atoms with Crippen molar-refractivity contribution in [2.45, 2.75) is 57.0 Å². The van der Waals surface area contributed by atoms with E-state index < -0.39 is 33.8 Å². The summed E-state index contributed by atoms with van der Waals surface area (Å²) >= 11 is 0. The van der Waals surface area contributed by atoms with Gasteiger partial charge in [-0.15, -0.1) is 0 Å². The number of benzene rings is 3. The highest BCUT2D eigenvalue weighted by Gasteiger charge is 2.22. The van der Waals surface area contributed by atoms with Crippen molar-refractivity contribution in [1.82, 2.24) is 25.3 Å². The van der Waals surface area contributed by atoms with Gasteiger partial charge in [0.2, 0.25) is 11.8 Å². The third-order valence-corrected chi connectivity index (χ3v) is 8.36. The van der Waals surface area contributed by atoms with Gasteiger partial charge in [-0.25, -0.2) is 18.6 Å². The number of rotatable bonds is 13. The molecular weight excluding hydrogens is 582 g/mol. The molecule has 0 bridgehead atoms. The molecule has 0 saturated carbocycles. The molecule has 0 fully saturated rings. The van der Waals surface area contributed by atoms with Crippen LogP contribution >= 0.6 is 0 Å². The lowest BCUT2D eigenvalue weighted by molar-refractivity contribution is -0.129. The van der Waals surface area contributed by atoms with E-state index in [0.29, 0.717) is 30.5 Å². The molecule has 1 heterocycles. The van der Waals surface area contributed by atoms with Crippen molar-refractivity contribution in [3.63, 3.8) is 0 Å². The first-order valence-electron chi connectivity index (χ1n) is 14.2. The van der Waals surface area contributed by atoms with Gasteiger partial charge < -0.3 is 5.32 Å². The van der Waals surface area contributed by atoms with Crippen molar-refractivity contribution in [2.75, 3.05) is 0 Å². The summed E-state index contributed by atoms with van der Waals surface area (Å²) in [5.41, 5.74) is 5.62. The van der Waals surface area contributed by atoms with E-state index in [1.54, 1.807) is 46.6 Å². The quantitative estimate of drug-likeness (QED) is 0.132. The van der Waals surface area contributed by atoms with E-state index in [1.165, 1.54) is 6.07 Å². The highest BCUT2D eigenvalue weighted by molar-refractivity contribution is 7.90. The van der Waals surface area contributed by atoms with Crippen LogP contribution in [0.4, 0.5) is 0 Å². The Morgan fingerprint density at radius 2 is 1.61 bits per heavy atom. The summed E-state index contributed by atoms with van der Waals surface area (Å²) in [6, 6.07) is 24.4. The Morgan fingerprint density at radius 1 is 0.932 bits per heavy atom. The Hall–Kier alpha value is -4.81. The standard InChI is InChI=1S/C32H35N5O6S/c1-3-9-27-20-29(32(40)33-26(19-31(39)35-41)18-23-10-5-4-6-11-23)34-37(27)21-24-14-16-25(17-15-24)28-12-7-8-13-30(28)44(42,43)36-22(2)38/h4-8,10-17,20,26,41H,3,9,18-19,21H2,1-2H3,(H,33,40)(H,35,39)(H,36,38)/t26-/m1/s1. The van der Waals surface area contributed by atoms with Crippen LogP contribution in [0.15, 0.2) is 89.8 Å². The molecule has 3 amide bonds. The topological polar surface area (TPSA) is 159 Å². The van der Waals surface area contributed by atoms with E-state index in [1.807, 2.05) is 54.1 Å². The fraction of sp³-hybridized carbons (Fsp3) is 0.250. The Bertz CT molecular complexity index is 1720. The summed E-state index contributed by atoms with van der Waals surface area (Å²) in [6.07, 6.45) is 1.80. The molecule has 230 valence electrons. The zero-order valence-electron chi connectivity index (χ0n) is 24.5. The molecule has 12 heteroatoms. The number of hydroxylamine groups is 1. The first-order valence-corrected chi connectivity index (χ1v) is 15.6. The molecule has 0 radical (unpaired) electrons. The number of carbonyl (C=O) groups excluding carboxylic acids is 3. The molecule has 4 aromatic rings. The number of nitrogens with zero attached hydrogens (tertiary/aromatic N) is 2. The monoisotopic (exact) mass is 617 g/mol.